The number of halogens is 3. The third-order valence-corrected chi connectivity index (χ3v) is 6.78. The van der Waals surface area contributed by atoms with Crippen molar-refractivity contribution < 1.29 is 18.3 Å². The Hall–Kier alpha value is -3.85. The zero-order valence-corrected chi connectivity index (χ0v) is 20.3. The number of benzene rings is 2. The van der Waals surface area contributed by atoms with Crippen LogP contribution in [0.3, 0.4) is 0 Å². The van der Waals surface area contributed by atoms with Crippen LogP contribution in [-0.2, 0) is 6.18 Å². The minimum absolute atomic E-state index is 0.0744. The number of aromatic hydroxyl groups is 1. The number of phenolic OH excluding ortho intramolecular Hbond substituents is 1. The van der Waals surface area contributed by atoms with Crippen LogP contribution in [0.5, 0.6) is 5.75 Å². The fourth-order valence-corrected chi connectivity index (χ4v) is 5.27. The molecule has 2 aromatic heterocycles. The first-order valence-electron chi connectivity index (χ1n) is 11.3. The van der Waals surface area contributed by atoms with E-state index in [1.54, 1.807) is 48.0 Å². The molecule has 3 heterocycles. The Morgan fingerprint density at radius 2 is 1.67 bits per heavy atom. The summed E-state index contributed by atoms with van der Waals surface area (Å²) in [6.07, 6.45) is -2.80. The largest absolute Gasteiger partial charge is 0.508 e. The zero-order chi connectivity index (χ0) is 25.6. The van der Waals surface area contributed by atoms with Crippen molar-refractivity contribution in [1.82, 2.24) is 14.9 Å². The first-order valence-corrected chi connectivity index (χ1v) is 11.7. The van der Waals surface area contributed by atoms with Crippen molar-refractivity contribution in [2.24, 2.45) is 0 Å². The highest BCUT2D eigenvalue weighted by Crippen LogP contribution is 2.44. The van der Waals surface area contributed by atoms with E-state index in [0.29, 0.717) is 16.5 Å². The molecule has 1 saturated heterocycles. The molecule has 0 aliphatic carbocycles. The summed E-state index contributed by atoms with van der Waals surface area (Å²) < 4.78 is 43.3. The van der Waals surface area contributed by atoms with E-state index in [-0.39, 0.29) is 17.5 Å². The summed E-state index contributed by atoms with van der Waals surface area (Å²) in [6, 6.07) is 19.0. The normalized spacial score (nSPS) is 17.9. The molecule has 36 heavy (non-hydrogen) atoms. The summed E-state index contributed by atoms with van der Waals surface area (Å²) in [5.41, 5.74) is 3.04. The average molecular weight is 509 g/mol. The summed E-state index contributed by atoms with van der Waals surface area (Å²) in [5, 5.41) is 13.6. The maximum atomic E-state index is 13.9. The molecule has 5 nitrogen and oxygen atoms in total. The van der Waals surface area contributed by atoms with E-state index in [1.807, 2.05) is 36.1 Å². The number of thiocarbonyl (C=S) groups is 1. The Labute approximate surface area is 211 Å². The molecule has 4 aromatic rings. The molecule has 1 aliphatic rings. The van der Waals surface area contributed by atoms with Gasteiger partial charge in [-0.05, 0) is 86.2 Å². The number of pyridine rings is 1. The van der Waals surface area contributed by atoms with Crippen molar-refractivity contribution in [3.8, 4) is 11.4 Å². The smallest absolute Gasteiger partial charge is 0.418 e. The van der Waals surface area contributed by atoms with Crippen LogP contribution in [0.2, 0.25) is 0 Å². The van der Waals surface area contributed by atoms with Crippen LogP contribution in [0, 0.1) is 13.8 Å². The highest BCUT2D eigenvalue weighted by molar-refractivity contribution is 7.80. The van der Waals surface area contributed by atoms with Gasteiger partial charge in [0.25, 0.3) is 0 Å². The molecule has 2 atom stereocenters. The lowest BCUT2D eigenvalue weighted by atomic mass is 9.96. The van der Waals surface area contributed by atoms with E-state index in [1.165, 1.54) is 12.1 Å². The van der Waals surface area contributed by atoms with Gasteiger partial charge in [0.2, 0.25) is 0 Å². The number of aromatic nitrogens is 2. The van der Waals surface area contributed by atoms with E-state index < -0.39 is 17.8 Å². The van der Waals surface area contributed by atoms with E-state index in [4.69, 9.17) is 12.2 Å². The number of para-hydroxylation sites is 1. The second kappa shape index (κ2) is 8.98. The van der Waals surface area contributed by atoms with Crippen molar-refractivity contribution in [2.75, 3.05) is 4.90 Å². The third-order valence-electron chi connectivity index (χ3n) is 6.47. The summed E-state index contributed by atoms with van der Waals surface area (Å²) >= 11 is 5.72. The number of hydrogen-bond donors (Lipinski definition) is 2. The van der Waals surface area contributed by atoms with Gasteiger partial charge in [-0.2, -0.15) is 13.2 Å². The monoisotopic (exact) mass is 508 g/mol. The molecule has 1 fully saturated rings. The van der Waals surface area contributed by atoms with Gasteiger partial charge in [0.15, 0.2) is 5.11 Å². The quantitative estimate of drug-likeness (QED) is 0.313. The van der Waals surface area contributed by atoms with Gasteiger partial charge >= 0.3 is 6.18 Å². The fourth-order valence-electron chi connectivity index (χ4n) is 4.93. The molecule has 1 aliphatic heterocycles. The average Bonchev–Trinajstić information content (AvgIpc) is 3.34. The fraction of sp³-hybridized carbons (Fsp3) is 0.185. The summed E-state index contributed by atoms with van der Waals surface area (Å²) in [5.74, 6) is 0.122. The first-order chi connectivity index (χ1) is 17.2. The topological polar surface area (TPSA) is 53.3 Å². The molecule has 2 aromatic carbocycles. The van der Waals surface area contributed by atoms with Crippen molar-refractivity contribution in [3.63, 3.8) is 0 Å². The van der Waals surface area contributed by atoms with E-state index >= 15 is 0 Å². The minimum atomic E-state index is -4.50. The van der Waals surface area contributed by atoms with Crippen molar-refractivity contribution in [3.05, 3.63) is 107 Å². The van der Waals surface area contributed by atoms with Crippen molar-refractivity contribution >= 4 is 23.0 Å². The van der Waals surface area contributed by atoms with Gasteiger partial charge in [-0.15, -0.1) is 0 Å². The van der Waals surface area contributed by atoms with Crippen LogP contribution in [0.15, 0.2) is 79.0 Å². The summed E-state index contributed by atoms with van der Waals surface area (Å²) in [4.78, 5) is 6.46. The van der Waals surface area contributed by atoms with Crippen LogP contribution in [0.4, 0.5) is 18.9 Å². The van der Waals surface area contributed by atoms with Gasteiger partial charge in [0, 0.05) is 23.3 Å². The van der Waals surface area contributed by atoms with E-state index in [0.717, 1.165) is 23.0 Å². The molecule has 0 unspecified atom stereocenters. The Morgan fingerprint density at radius 1 is 0.972 bits per heavy atom. The Bertz CT molecular complexity index is 1420. The number of anilines is 1. The van der Waals surface area contributed by atoms with Gasteiger partial charge in [0.1, 0.15) is 5.75 Å². The van der Waals surface area contributed by atoms with Gasteiger partial charge in [0.05, 0.1) is 29.0 Å². The lowest BCUT2D eigenvalue weighted by Gasteiger charge is -2.28. The van der Waals surface area contributed by atoms with Crippen molar-refractivity contribution in [1.29, 1.82) is 0 Å². The lowest BCUT2D eigenvalue weighted by Crippen LogP contribution is -2.29. The molecular formula is C27H23F3N4OS. The number of alkyl halides is 3. The maximum absolute atomic E-state index is 13.9. The molecule has 0 bridgehead atoms. The van der Waals surface area contributed by atoms with Crippen LogP contribution in [0.25, 0.3) is 5.69 Å². The standard InChI is InChI=1S/C27H23F3N4OS/c1-16-15-20(17(2)33(16)23-9-4-3-7-21(23)27(28,29)30)25-24(22-8-5-6-14-31-22)32-26(36)34(25)18-10-12-19(35)13-11-18/h3-15,24-25,35H,1-2H3,(H,32,36)/t24-,25-/m0/s1. The van der Waals surface area contributed by atoms with Crippen LogP contribution in [0.1, 0.15) is 40.3 Å². The molecule has 0 saturated carbocycles. The highest BCUT2D eigenvalue weighted by atomic mass is 32.1. The van der Waals surface area contributed by atoms with Gasteiger partial charge < -0.3 is 19.9 Å². The van der Waals surface area contributed by atoms with Crippen LogP contribution in [-0.4, -0.2) is 19.8 Å². The minimum Gasteiger partial charge on any atom is -0.508 e. The second-order valence-electron chi connectivity index (χ2n) is 8.69. The predicted molar refractivity (Wildman–Crippen MR) is 136 cm³/mol. The Balaban J connectivity index is 1.70. The SMILES string of the molecule is Cc1cc([C@H]2[C@H](c3ccccn3)NC(=S)N2c2ccc(O)cc2)c(C)n1-c1ccccc1C(F)(F)F. The zero-order valence-electron chi connectivity index (χ0n) is 19.5. The van der Waals surface area contributed by atoms with Crippen LogP contribution >= 0.6 is 12.2 Å². The number of aryl methyl sites for hydroxylation is 1. The second-order valence-corrected chi connectivity index (χ2v) is 9.08. The van der Waals surface area contributed by atoms with Crippen LogP contribution < -0.4 is 10.2 Å². The molecule has 184 valence electrons. The highest BCUT2D eigenvalue weighted by Gasteiger charge is 2.43. The molecular weight excluding hydrogens is 485 g/mol. The van der Waals surface area contributed by atoms with Gasteiger partial charge in [-0.3, -0.25) is 4.98 Å². The van der Waals surface area contributed by atoms with Gasteiger partial charge in [-0.1, -0.05) is 18.2 Å². The Kier molecular flexibility index (Phi) is 5.96. The molecule has 0 radical (unpaired) electrons. The van der Waals surface area contributed by atoms with Crippen molar-refractivity contribution in [2.45, 2.75) is 32.1 Å². The van der Waals surface area contributed by atoms with E-state index in [2.05, 4.69) is 10.3 Å². The number of phenols is 1. The molecule has 2 N–H and O–H groups in total. The Morgan fingerprint density at radius 3 is 2.33 bits per heavy atom. The number of nitrogens with one attached hydrogen (secondary N) is 1. The third kappa shape index (κ3) is 4.09. The van der Waals surface area contributed by atoms with E-state index in [9.17, 15) is 18.3 Å². The maximum Gasteiger partial charge on any atom is 0.418 e. The predicted octanol–water partition coefficient (Wildman–Crippen LogP) is 6.39. The molecule has 5 rings (SSSR count). The first kappa shape index (κ1) is 23.9. The number of nitrogens with zero attached hydrogens (tertiary/aromatic N) is 3. The van der Waals surface area contributed by atoms with Gasteiger partial charge in [-0.25, -0.2) is 0 Å². The molecule has 9 heteroatoms. The molecule has 0 amide bonds. The lowest BCUT2D eigenvalue weighted by molar-refractivity contribution is -0.137. The molecule has 0 spiro atoms. The number of hydrogen-bond acceptors (Lipinski definition) is 3. The number of rotatable bonds is 4. The summed E-state index contributed by atoms with van der Waals surface area (Å²) in [7, 11) is 0. The summed E-state index contributed by atoms with van der Waals surface area (Å²) in [6.45, 7) is 3.62.